The van der Waals surface area contributed by atoms with Gasteiger partial charge in [0.15, 0.2) is 0 Å². The minimum absolute atomic E-state index is 0.385. The standard InChI is InChI=1S/C12H12N4O/c1-17-11-4-2-3-9(5-11)8-16-12(14)10(6-13)7-15-16/h2-5,7H,8,14H2,1H3. The van der Waals surface area contributed by atoms with Crippen LogP contribution < -0.4 is 10.5 Å². The Kier molecular flexibility index (Phi) is 2.97. The third-order valence-corrected chi connectivity index (χ3v) is 2.47. The maximum absolute atomic E-state index is 8.78. The molecule has 0 bridgehead atoms. The van der Waals surface area contributed by atoms with Crippen molar-refractivity contribution in [1.29, 1.82) is 5.26 Å². The molecule has 0 aliphatic carbocycles. The van der Waals surface area contributed by atoms with Crippen molar-refractivity contribution in [3.63, 3.8) is 0 Å². The Morgan fingerprint density at radius 3 is 3.00 bits per heavy atom. The van der Waals surface area contributed by atoms with E-state index < -0.39 is 0 Å². The summed E-state index contributed by atoms with van der Waals surface area (Å²) in [5.41, 5.74) is 7.19. The van der Waals surface area contributed by atoms with Crippen LogP contribution in [0.5, 0.6) is 5.75 Å². The smallest absolute Gasteiger partial charge is 0.140 e. The second-order valence-corrected chi connectivity index (χ2v) is 3.56. The van der Waals surface area contributed by atoms with Crippen LogP contribution in [-0.4, -0.2) is 16.9 Å². The molecular formula is C12H12N4O. The number of benzene rings is 1. The van der Waals surface area contributed by atoms with E-state index in [9.17, 15) is 0 Å². The molecule has 1 heterocycles. The molecule has 86 valence electrons. The highest BCUT2D eigenvalue weighted by molar-refractivity contribution is 5.47. The van der Waals surface area contributed by atoms with Crippen LogP contribution in [0.3, 0.4) is 0 Å². The molecule has 1 aromatic carbocycles. The molecule has 1 aromatic heterocycles. The van der Waals surface area contributed by atoms with Gasteiger partial charge in [0.1, 0.15) is 23.2 Å². The van der Waals surface area contributed by atoms with Crippen molar-refractivity contribution < 1.29 is 4.74 Å². The van der Waals surface area contributed by atoms with E-state index in [1.54, 1.807) is 11.8 Å². The van der Waals surface area contributed by atoms with Crippen LogP contribution in [0.2, 0.25) is 0 Å². The van der Waals surface area contributed by atoms with Crippen molar-refractivity contribution in [3.05, 3.63) is 41.6 Å². The summed E-state index contributed by atoms with van der Waals surface area (Å²) in [5.74, 6) is 1.17. The molecular weight excluding hydrogens is 216 g/mol. The van der Waals surface area contributed by atoms with Crippen LogP contribution >= 0.6 is 0 Å². The molecule has 0 spiro atoms. The molecule has 0 atom stereocenters. The number of methoxy groups -OCH3 is 1. The lowest BCUT2D eigenvalue weighted by molar-refractivity contribution is 0.414. The fourth-order valence-corrected chi connectivity index (χ4v) is 1.55. The van der Waals surface area contributed by atoms with E-state index in [0.29, 0.717) is 17.9 Å². The zero-order chi connectivity index (χ0) is 12.3. The molecule has 5 heteroatoms. The summed E-state index contributed by atoms with van der Waals surface area (Å²) in [6, 6.07) is 9.63. The molecule has 0 aliphatic heterocycles. The van der Waals surface area contributed by atoms with Gasteiger partial charge >= 0.3 is 0 Å². The molecule has 0 amide bonds. The van der Waals surface area contributed by atoms with Crippen LogP contribution in [-0.2, 0) is 6.54 Å². The highest BCUT2D eigenvalue weighted by Gasteiger charge is 2.07. The summed E-state index contributed by atoms with van der Waals surface area (Å²) in [5, 5.41) is 12.8. The highest BCUT2D eigenvalue weighted by Crippen LogP contribution is 2.16. The normalized spacial score (nSPS) is 9.88. The molecule has 2 rings (SSSR count). The van der Waals surface area contributed by atoms with Gasteiger partial charge in [-0.15, -0.1) is 0 Å². The lowest BCUT2D eigenvalue weighted by Crippen LogP contribution is -2.06. The Bertz CT molecular complexity index is 568. The van der Waals surface area contributed by atoms with Gasteiger partial charge in [-0.1, -0.05) is 12.1 Å². The predicted octanol–water partition coefficient (Wildman–Crippen LogP) is 1.39. The Morgan fingerprint density at radius 1 is 1.53 bits per heavy atom. The SMILES string of the molecule is COc1cccc(Cn2ncc(C#N)c2N)c1. The summed E-state index contributed by atoms with van der Waals surface area (Å²) in [6.07, 6.45) is 1.47. The van der Waals surface area contributed by atoms with Gasteiger partial charge in [0.2, 0.25) is 0 Å². The highest BCUT2D eigenvalue weighted by atomic mass is 16.5. The van der Waals surface area contributed by atoms with Crippen molar-refractivity contribution in [2.45, 2.75) is 6.54 Å². The Balaban J connectivity index is 2.25. The summed E-state index contributed by atoms with van der Waals surface area (Å²) in [4.78, 5) is 0. The molecule has 2 aromatic rings. The Labute approximate surface area is 99.0 Å². The topological polar surface area (TPSA) is 76.9 Å². The van der Waals surface area contributed by atoms with Crippen LogP contribution in [0, 0.1) is 11.3 Å². The van der Waals surface area contributed by atoms with E-state index in [0.717, 1.165) is 11.3 Å². The zero-order valence-corrected chi connectivity index (χ0v) is 9.42. The summed E-state index contributed by atoms with van der Waals surface area (Å²) in [6.45, 7) is 0.519. The number of anilines is 1. The van der Waals surface area contributed by atoms with E-state index in [2.05, 4.69) is 5.10 Å². The van der Waals surface area contributed by atoms with Crippen LogP contribution in [0.15, 0.2) is 30.5 Å². The number of rotatable bonds is 3. The third kappa shape index (κ3) is 2.21. The zero-order valence-electron chi connectivity index (χ0n) is 9.42. The molecule has 17 heavy (non-hydrogen) atoms. The molecule has 0 saturated carbocycles. The second-order valence-electron chi connectivity index (χ2n) is 3.56. The molecule has 0 saturated heterocycles. The first-order valence-electron chi connectivity index (χ1n) is 5.09. The number of nitrogen functional groups attached to an aromatic ring is 1. The van der Waals surface area contributed by atoms with Crippen LogP contribution in [0.1, 0.15) is 11.1 Å². The van der Waals surface area contributed by atoms with Gasteiger partial charge in [0.25, 0.3) is 0 Å². The first kappa shape index (κ1) is 11.0. The van der Waals surface area contributed by atoms with Crippen molar-refractivity contribution >= 4 is 5.82 Å². The van der Waals surface area contributed by atoms with Gasteiger partial charge in [-0.25, -0.2) is 4.68 Å². The van der Waals surface area contributed by atoms with Crippen LogP contribution in [0.25, 0.3) is 0 Å². The van der Waals surface area contributed by atoms with Crippen molar-refractivity contribution in [2.24, 2.45) is 0 Å². The van der Waals surface area contributed by atoms with E-state index in [1.807, 2.05) is 30.3 Å². The fourth-order valence-electron chi connectivity index (χ4n) is 1.55. The van der Waals surface area contributed by atoms with E-state index in [4.69, 9.17) is 15.7 Å². The fraction of sp³-hybridized carbons (Fsp3) is 0.167. The van der Waals surface area contributed by atoms with Crippen molar-refractivity contribution in [3.8, 4) is 11.8 Å². The van der Waals surface area contributed by atoms with Gasteiger partial charge < -0.3 is 10.5 Å². The van der Waals surface area contributed by atoms with E-state index in [1.165, 1.54) is 6.20 Å². The van der Waals surface area contributed by atoms with Gasteiger partial charge in [-0.2, -0.15) is 10.4 Å². The summed E-state index contributed by atoms with van der Waals surface area (Å²) in [7, 11) is 1.62. The minimum atomic E-state index is 0.385. The summed E-state index contributed by atoms with van der Waals surface area (Å²) < 4.78 is 6.73. The number of nitrogens with two attached hydrogens (primary N) is 1. The van der Waals surface area contributed by atoms with Gasteiger partial charge in [-0.05, 0) is 17.7 Å². The maximum atomic E-state index is 8.78. The van der Waals surface area contributed by atoms with Crippen LogP contribution in [0.4, 0.5) is 5.82 Å². The minimum Gasteiger partial charge on any atom is -0.497 e. The molecule has 0 radical (unpaired) electrons. The second kappa shape index (κ2) is 4.58. The number of nitrogens with zero attached hydrogens (tertiary/aromatic N) is 3. The Morgan fingerprint density at radius 2 is 2.35 bits per heavy atom. The quantitative estimate of drug-likeness (QED) is 0.861. The van der Waals surface area contributed by atoms with E-state index >= 15 is 0 Å². The number of hydrogen-bond donors (Lipinski definition) is 1. The van der Waals surface area contributed by atoms with Crippen molar-refractivity contribution in [1.82, 2.24) is 9.78 Å². The van der Waals surface area contributed by atoms with E-state index in [-0.39, 0.29) is 0 Å². The molecule has 0 unspecified atom stereocenters. The number of nitriles is 1. The van der Waals surface area contributed by atoms with Crippen molar-refractivity contribution in [2.75, 3.05) is 12.8 Å². The van der Waals surface area contributed by atoms with Gasteiger partial charge in [0.05, 0.1) is 19.9 Å². The molecule has 0 aliphatic rings. The predicted molar refractivity (Wildman–Crippen MR) is 63.5 cm³/mol. The first-order chi connectivity index (χ1) is 8.24. The third-order valence-electron chi connectivity index (χ3n) is 2.47. The molecule has 5 nitrogen and oxygen atoms in total. The molecule has 2 N–H and O–H groups in total. The lowest BCUT2D eigenvalue weighted by atomic mass is 10.2. The Hall–Kier alpha value is -2.48. The number of ether oxygens (including phenoxy) is 1. The molecule has 0 fully saturated rings. The van der Waals surface area contributed by atoms with Gasteiger partial charge in [-0.3, -0.25) is 0 Å². The van der Waals surface area contributed by atoms with Gasteiger partial charge in [0, 0.05) is 0 Å². The largest absolute Gasteiger partial charge is 0.497 e. The number of hydrogen-bond acceptors (Lipinski definition) is 4. The first-order valence-corrected chi connectivity index (χ1v) is 5.09. The monoisotopic (exact) mass is 228 g/mol. The average molecular weight is 228 g/mol. The average Bonchev–Trinajstić information content (AvgIpc) is 2.71. The maximum Gasteiger partial charge on any atom is 0.140 e. The lowest BCUT2D eigenvalue weighted by Gasteiger charge is -2.06. The number of aromatic nitrogens is 2. The summed E-state index contributed by atoms with van der Waals surface area (Å²) >= 11 is 0.